The van der Waals surface area contributed by atoms with Crippen LogP contribution in [0, 0.1) is 0 Å². The van der Waals surface area contributed by atoms with Gasteiger partial charge in [-0.3, -0.25) is 0 Å². The summed E-state index contributed by atoms with van der Waals surface area (Å²) in [6, 6.07) is 56.5. The van der Waals surface area contributed by atoms with E-state index in [9.17, 15) is 0 Å². The van der Waals surface area contributed by atoms with Gasteiger partial charge in [-0.1, -0.05) is 84.9 Å². The van der Waals surface area contributed by atoms with Gasteiger partial charge in [-0.2, -0.15) is 12.6 Å². The number of hydrogen-bond acceptors (Lipinski definition) is 2. The molecule has 0 unspecified atom stereocenters. The van der Waals surface area contributed by atoms with Gasteiger partial charge in [0.1, 0.15) is 11.2 Å². The van der Waals surface area contributed by atoms with Crippen LogP contribution >= 0.6 is 12.6 Å². The Hall–Kier alpha value is -5.71. The number of fused-ring (bicyclic) bond motifs is 9. The van der Waals surface area contributed by atoms with Crippen LogP contribution in [-0.2, 0) is 0 Å². The molecule has 0 aliphatic heterocycles. The predicted octanol–water partition coefficient (Wildman–Crippen LogP) is 12.0. The molecule has 10 aromatic rings. The summed E-state index contributed by atoms with van der Waals surface area (Å²) in [6.07, 6.45) is 1.69. The van der Waals surface area contributed by atoms with E-state index >= 15 is 0 Å². The second-order valence-electron chi connectivity index (χ2n) is 11.8. The molecule has 0 aliphatic rings. The lowest BCUT2D eigenvalue weighted by Gasteiger charge is -2.08. The summed E-state index contributed by atoms with van der Waals surface area (Å²) in [7, 11) is 0. The van der Waals surface area contributed by atoms with Crippen LogP contribution in [0.1, 0.15) is 0 Å². The largest absolute Gasteiger partial charge is 0.456 e. The fourth-order valence-corrected chi connectivity index (χ4v) is 7.29. The highest BCUT2D eigenvalue weighted by Gasteiger charge is 2.16. The Morgan fingerprint density at radius 1 is 0.362 bits per heavy atom. The maximum Gasteiger partial charge on any atom is 0.135 e. The second-order valence-corrected chi connectivity index (χ2v) is 11.8. The Bertz CT molecular complexity index is 2710. The smallest absolute Gasteiger partial charge is 0.135 e. The molecule has 3 aromatic heterocycles. The van der Waals surface area contributed by atoms with Crippen molar-refractivity contribution in [1.29, 1.82) is 0 Å². The van der Waals surface area contributed by atoms with Crippen molar-refractivity contribution in [3.8, 4) is 22.5 Å². The second kappa shape index (κ2) is 11.0. The normalized spacial score (nSPS) is 11.6. The SMILES string of the molecule is CS.c1ccc(-n2c3ccccc3c3cc(-c4ccc5oc6ccc(-n7c8ccccc8c8ccccc87)cc6c5c4)ccc32)cc1. The molecule has 3 heterocycles. The molecule has 224 valence electrons. The summed E-state index contributed by atoms with van der Waals surface area (Å²) in [5.74, 6) is 0. The quantitative estimate of drug-likeness (QED) is 0.195. The number of para-hydroxylation sites is 4. The first-order chi connectivity index (χ1) is 23.3. The molecule has 10 rings (SSSR count). The predicted molar refractivity (Wildman–Crippen MR) is 203 cm³/mol. The van der Waals surface area contributed by atoms with Crippen molar-refractivity contribution < 1.29 is 4.42 Å². The minimum Gasteiger partial charge on any atom is -0.456 e. The summed E-state index contributed by atoms with van der Waals surface area (Å²) in [6.45, 7) is 0. The van der Waals surface area contributed by atoms with E-state index in [-0.39, 0.29) is 0 Å². The number of thiol groups is 1. The van der Waals surface area contributed by atoms with Gasteiger partial charge in [0.2, 0.25) is 0 Å². The molecule has 4 heteroatoms. The maximum atomic E-state index is 6.36. The molecule has 0 saturated carbocycles. The molecule has 3 nitrogen and oxygen atoms in total. The lowest BCUT2D eigenvalue weighted by atomic mass is 10.0. The number of hydrogen-bond donors (Lipinski definition) is 1. The van der Waals surface area contributed by atoms with Crippen LogP contribution in [0.2, 0.25) is 0 Å². The van der Waals surface area contributed by atoms with Crippen molar-refractivity contribution in [3.05, 3.63) is 158 Å². The third-order valence-corrected chi connectivity index (χ3v) is 9.31. The molecule has 0 spiro atoms. The van der Waals surface area contributed by atoms with Gasteiger partial charge in [-0.05, 0) is 90.2 Å². The molecule has 0 saturated heterocycles. The summed E-state index contributed by atoms with van der Waals surface area (Å²) >= 11 is 3.53. The third kappa shape index (κ3) is 4.22. The zero-order valence-electron chi connectivity index (χ0n) is 25.8. The lowest BCUT2D eigenvalue weighted by molar-refractivity contribution is 0.669. The van der Waals surface area contributed by atoms with Gasteiger partial charge in [-0.15, -0.1) is 0 Å². The van der Waals surface area contributed by atoms with Crippen LogP contribution in [0.4, 0.5) is 0 Å². The van der Waals surface area contributed by atoms with Crippen molar-refractivity contribution in [2.24, 2.45) is 0 Å². The molecule has 0 atom stereocenters. The fourth-order valence-electron chi connectivity index (χ4n) is 7.29. The zero-order valence-corrected chi connectivity index (χ0v) is 26.7. The van der Waals surface area contributed by atoms with Crippen LogP contribution in [0.25, 0.3) is 88.1 Å². The molecule has 0 amide bonds. The molecular weight excluding hydrogens is 593 g/mol. The van der Waals surface area contributed by atoms with E-state index in [1.807, 2.05) is 0 Å². The minimum atomic E-state index is 0.896. The van der Waals surface area contributed by atoms with Crippen LogP contribution in [0.15, 0.2) is 162 Å². The van der Waals surface area contributed by atoms with Gasteiger partial charge in [0.25, 0.3) is 0 Å². The highest BCUT2D eigenvalue weighted by Crippen LogP contribution is 2.39. The first-order valence-corrected chi connectivity index (χ1v) is 16.7. The van der Waals surface area contributed by atoms with Crippen LogP contribution < -0.4 is 0 Å². The van der Waals surface area contributed by atoms with Crippen LogP contribution in [0.3, 0.4) is 0 Å². The average Bonchev–Trinajstić information content (AvgIpc) is 3.79. The summed E-state index contributed by atoms with van der Waals surface area (Å²) in [5, 5.41) is 7.26. The van der Waals surface area contributed by atoms with E-state index in [0.29, 0.717) is 0 Å². The minimum absolute atomic E-state index is 0.896. The van der Waals surface area contributed by atoms with E-state index in [4.69, 9.17) is 4.42 Å². The molecule has 0 bridgehead atoms. The van der Waals surface area contributed by atoms with Crippen molar-refractivity contribution in [1.82, 2.24) is 9.13 Å². The van der Waals surface area contributed by atoms with Gasteiger partial charge in [0.05, 0.1) is 22.1 Å². The Labute approximate surface area is 277 Å². The average molecular weight is 623 g/mol. The van der Waals surface area contributed by atoms with Gasteiger partial charge in [0.15, 0.2) is 0 Å². The monoisotopic (exact) mass is 622 g/mol. The molecule has 0 radical (unpaired) electrons. The summed E-state index contributed by atoms with van der Waals surface area (Å²) < 4.78 is 11.1. The number of furan rings is 1. The number of nitrogens with zero attached hydrogens (tertiary/aromatic N) is 2. The Kier molecular flexibility index (Phi) is 6.44. The third-order valence-electron chi connectivity index (χ3n) is 9.31. The van der Waals surface area contributed by atoms with Crippen LogP contribution in [-0.4, -0.2) is 15.4 Å². The van der Waals surface area contributed by atoms with E-state index < -0.39 is 0 Å². The number of rotatable bonds is 3. The molecule has 7 aromatic carbocycles. The van der Waals surface area contributed by atoms with Crippen molar-refractivity contribution in [2.75, 3.05) is 6.26 Å². The molecule has 0 N–H and O–H groups in total. The molecule has 47 heavy (non-hydrogen) atoms. The van der Waals surface area contributed by atoms with E-state index in [2.05, 4.69) is 179 Å². The van der Waals surface area contributed by atoms with Gasteiger partial charge < -0.3 is 13.6 Å². The van der Waals surface area contributed by atoms with E-state index in [1.54, 1.807) is 6.26 Å². The first kappa shape index (κ1) is 27.6. The zero-order chi connectivity index (χ0) is 31.5. The fraction of sp³-hybridized carbons (Fsp3) is 0.0233. The molecule has 0 fully saturated rings. The number of aromatic nitrogens is 2. The summed E-state index contributed by atoms with van der Waals surface area (Å²) in [4.78, 5) is 0. The molecular formula is C43H30N2OS. The standard InChI is InChI=1S/C42H26N2O.CH4S/c1-2-10-29(11-3-1)43-39-17-9-6-14-33(39)34-24-27(18-21-40(34)43)28-19-22-41-35(25-28)36-26-30(20-23-42(36)45-41)44-37-15-7-4-12-31(37)32-13-5-8-16-38(32)44;1-2/h1-26H;2H,1H3. The number of benzene rings is 7. The Morgan fingerprint density at radius 2 is 0.809 bits per heavy atom. The van der Waals surface area contributed by atoms with Gasteiger partial charge in [0, 0.05) is 43.7 Å². The van der Waals surface area contributed by atoms with E-state index in [1.165, 1.54) is 60.4 Å². The lowest BCUT2D eigenvalue weighted by Crippen LogP contribution is -1.93. The summed E-state index contributed by atoms with van der Waals surface area (Å²) in [5.41, 5.74) is 11.3. The Balaban J connectivity index is 0.00000149. The van der Waals surface area contributed by atoms with Crippen molar-refractivity contribution >= 4 is 78.2 Å². The van der Waals surface area contributed by atoms with Crippen LogP contribution in [0.5, 0.6) is 0 Å². The van der Waals surface area contributed by atoms with E-state index in [0.717, 1.165) is 27.6 Å². The van der Waals surface area contributed by atoms with Gasteiger partial charge >= 0.3 is 0 Å². The highest BCUT2D eigenvalue weighted by atomic mass is 32.1. The van der Waals surface area contributed by atoms with Crippen molar-refractivity contribution in [3.63, 3.8) is 0 Å². The topological polar surface area (TPSA) is 23.0 Å². The van der Waals surface area contributed by atoms with Gasteiger partial charge in [-0.25, -0.2) is 0 Å². The highest BCUT2D eigenvalue weighted by molar-refractivity contribution is 7.79. The Morgan fingerprint density at radius 3 is 1.45 bits per heavy atom. The van der Waals surface area contributed by atoms with Crippen molar-refractivity contribution in [2.45, 2.75) is 0 Å². The first-order valence-electron chi connectivity index (χ1n) is 15.8. The molecule has 0 aliphatic carbocycles. The maximum absolute atomic E-state index is 6.36.